The molecule has 2 aromatic rings. The van der Waals surface area contributed by atoms with Crippen LogP contribution in [0.15, 0.2) is 60.7 Å². The molecule has 0 amide bonds. The topological polar surface area (TPSA) is 17.1 Å². The second-order valence-corrected chi connectivity index (χ2v) is 2.16. The van der Waals surface area contributed by atoms with Gasteiger partial charge in [0.1, 0.15) is 6.29 Å². The Kier molecular flexibility index (Phi) is 15.8. The van der Waals surface area contributed by atoms with Gasteiger partial charge in [-0.1, -0.05) is 0 Å². The van der Waals surface area contributed by atoms with Crippen LogP contribution in [0.5, 0.6) is 0 Å². The van der Waals surface area contributed by atoms with Crippen LogP contribution in [0.4, 0.5) is 0 Å². The summed E-state index contributed by atoms with van der Waals surface area (Å²) in [4.78, 5) is 8.81. The normalized spacial score (nSPS) is 6.64. The minimum absolute atomic E-state index is 0. The molecular weight excluding hydrogens is 216 g/mol. The van der Waals surface area contributed by atoms with Crippen molar-refractivity contribution in [2.75, 3.05) is 0 Å². The van der Waals surface area contributed by atoms with E-state index in [1.54, 1.807) is 0 Å². The van der Waals surface area contributed by atoms with E-state index in [0.29, 0.717) is 0 Å². The van der Waals surface area contributed by atoms with Crippen LogP contribution in [0, 0.1) is 0 Å². The maximum Gasteiger partial charge on any atom is 0.116 e. The van der Waals surface area contributed by atoms with Crippen molar-refractivity contribution in [1.29, 1.82) is 0 Å². The van der Waals surface area contributed by atoms with Gasteiger partial charge < -0.3 is 35.1 Å². The van der Waals surface area contributed by atoms with Gasteiger partial charge in [0.05, 0.1) is 0 Å². The van der Waals surface area contributed by atoms with Crippen molar-refractivity contribution in [2.45, 2.75) is 6.92 Å². The maximum absolute atomic E-state index is 8.81. The summed E-state index contributed by atoms with van der Waals surface area (Å²) < 4.78 is 0. The first kappa shape index (κ1) is 15.4. The number of hydrogen-bond acceptors (Lipinski definition) is 1. The molecule has 0 N–H and O–H groups in total. The summed E-state index contributed by atoms with van der Waals surface area (Å²) in [7, 11) is 0. The molecule has 0 spiro atoms. The van der Waals surface area contributed by atoms with Crippen molar-refractivity contribution in [3.05, 3.63) is 60.7 Å². The third-order valence-corrected chi connectivity index (χ3v) is 1.11. The van der Waals surface area contributed by atoms with E-state index in [1.165, 1.54) is 6.92 Å². The fourth-order valence-electron chi connectivity index (χ4n) is 0.642. The number of hydrogen-bond donors (Lipinski definition) is 0. The molecule has 0 radical (unpaired) electrons. The maximum atomic E-state index is 8.81. The number of aldehydes is 1. The Bertz CT molecular complexity index is 185. The van der Waals surface area contributed by atoms with Crippen LogP contribution in [0.3, 0.4) is 0 Å². The first-order valence-electron chi connectivity index (χ1n) is 4.15. The predicted octanol–water partition coefficient (Wildman–Crippen LogP) is 3.01. The molecule has 1 nitrogen and oxygen atoms in total. The van der Waals surface area contributed by atoms with Gasteiger partial charge in [-0.15, -0.1) is 0 Å². The molecule has 0 aliphatic rings. The molecule has 0 aliphatic heterocycles. The van der Waals surface area contributed by atoms with Gasteiger partial charge in [-0.25, -0.2) is 12.1 Å². The second-order valence-electron chi connectivity index (χ2n) is 2.16. The summed E-state index contributed by atoms with van der Waals surface area (Å²) in [6.45, 7) is 1.44. The van der Waals surface area contributed by atoms with Crippen LogP contribution in [-0.2, 0) is 21.9 Å². The summed E-state index contributed by atoms with van der Waals surface area (Å²) in [5.41, 5.74) is 0. The molecule has 2 aromatic carbocycles. The standard InChI is InChI=1S/2C5H5.C2H4O.Fe/c2*1-2-4-5-3-1;1-2-3;/h2*1-5H;2H,1H3;/q-5;-1;;. The molecule has 0 bridgehead atoms. The molecule has 0 fully saturated rings. The Morgan fingerprint density at radius 2 is 1.21 bits per heavy atom. The van der Waals surface area contributed by atoms with Gasteiger partial charge in [-0.05, 0) is 6.92 Å². The SMILES string of the molecule is CC=O.[Fe].[cH-]1[cH-][cH-][cH-][cH-]1.c1cc[cH-]c1. The second kappa shape index (κ2) is 14.4. The first-order chi connectivity index (χ1) is 6.41. The average Bonchev–Trinajstić information content (AvgIpc) is 2.85. The number of rotatable bonds is 0. The van der Waals surface area contributed by atoms with E-state index >= 15 is 0 Å². The molecule has 0 saturated carbocycles. The van der Waals surface area contributed by atoms with Gasteiger partial charge in [-0.2, -0.15) is 18.2 Å². The van der Waals surface area contributed by atoms with Gasteiger partial charge in [-0.3, -0.25) is 0 Å². The molecule has 0 aromatic heterocycles. The van der Waals surface area contributed by atoms with Gasteiger partial charge >= 0.3 is 0 Å². The molecule has 0 atom stereocenters. The fourth-order valence-corrected chi connectivity index (χ4v) is 0.642. The van der Waals surface area contributed by atoms with Crippen molar-refractivity contribution in [3.63, 3.8) is 0 Å². The zero-order chi connectivity index (χ0) is 9.78. The largest absolute Gasteiger partial charge is 0.748 e. The summed E-state index contributed by atoms with van der Waals surface area (Å²) in [6, 6.07) is 20.0. The fraction of sp³-hybridized carbons (Fsp3) is 0.0833. The van der Waals surface area contributed by atoms with E-state index < -0.39 is 0 Å². The van der Waals surface area contributed by atoms with E-state index in [4.69, 9.17) is 4.79 Å². The third kappa shape index (κ3) is 13.5. The number of carbonyl (C=O) groups is 1. The van der Waals surface area contributed by atoms with E-state index in [9.17, 15) is 0 Å². The molecule has 0 unspecified atom stereocenters. The molecule has 0 aliphatic carbocycles. The molecule has 0 saturated heterocycles. The average molecular weight is 230 g/mol. The van der Waals surface area contributed by atoms with Crippen molar-refractivity contribution >= 4 is 6.29 Å². The van der Waals surface area contributed by atoms with Crippen LogP contribution >= 0.6 is 0 Å². The van der Waals surface area contributed by atoms with Crippen LogP contribution in [0.25, 0.3) is 0 Å². The Labute approximate surface area is 96.0 Å². The first-order valence-corrected chi connectivity index (χ1v) is 4.15. The monoisotopic (exact) mass is 230 g/mol. The zero-order valence-electron chi connectivity index (χ0n) is 8.11. The van der Waals surface area contributed by atoms with Crippen LogP contribution < -0.4 is 0 Å². The minimum Gasteiger partial charge on any atom is -0.748 e. The zero-order valence-corrected chi connectivity index (χ0v) is 9.22. The summed E-state index contributed by atoms with van der Waals surface area (Å²) in [5, 5.41) is 0. The van der Waals surface area contributed by atoms with Gasteiger partial charge in [0.25, 0.3) is 0 Å². The Balaban J connectivity index is 0. The predicted molar refractivity (Wildman–Crippen MR) is 55.8 cm³/mol. The summed E-state index contributed by atoms with van der Waals surface area (Å²) >= 11 is 0. The molecular formula is C12H14FeO-6. The van der Waals surface area contributed by atoms with E-state index in [2.05, 4.69) is 0 Å². The Morgan fingerprint density at radius 3 is 1.36 bits per heavy atom. The van der Waals surface area contributed by atoms with Gasteiger partial charge in [0.2, 0.25) is 0 Å². The van der Waals surface area contributed by atoms with Gasteiger partial charge in [0, 0.05) is 17.1 Å². The molecule has 0 heterocycles. The van der Waals surface area contributed by atoms with Crippen LogP contribution in [0.2, 0.25) is 0 Å². The molecule has 82 valence electrons. The van der Waals surface area contributed by atoms with Crippen LogP contribution in [-0.4, -0.2) is 6.29 Å². The molecule has 2 heteroatoms. The van der Waals surface area contributed by atoms with E-state index in [0.717, 1.165) is 6.29 Å². The van der Waals surface area contributed by atoms with Crippen molar-refractivity contribution < 1.29 is 21.9 Å². The Morgan fingerprint density at radius 1 is 0.929 bits per heavy atom. The van der Waals surface area contributed by atoms with Crippen molar-refractivity contribution in [3.8, 4) is 0 Å². The summed E-state index contributed by atoms with van der Waals surface area (Å²) in [6.07, 6.45) is 0.750. The van der Waals surface area contributed by atoms with E-state index in [1.807, 2.05) is 60.7 Å². The Hall–Kier alpha value is -1.11. The quantitative estimate of drug-likeness (QED) is 0.386. The van der Waals surface area contributed by atoms with Crippen molar-refractivity contribution in [1.82, 2.24) is 0 Å². The van der Waals surface area contributed by atoms with Crippen molar-refractivity contribution in [2.24, 2.45) is 0 Å². The molecule has 2 rings (SSSR count). The third-order valence-electron chi connectivity index (χ3n) is 1.11. The minimum atomic E-state index is 0. The smallest absolute Gasteiger partial charge is 0.116 e. The number of carbonyl (C=O) groups excluding carboxylic acids is 1. The van der Waals surface area contributed by atoms with Gasteiger partial charge in [0.15, 0.2) is 0 Å². The molecule has 14 heavy (non-hydrogen) atoms. The van der Waals surface area contributed by atoms with Crippen LogP contribution in [0.1, 0.15) is 6.92 Å². The van der Waals surface area contributed by atoms with E-state index in [-0.39, 0.29) is 17.1 Å². The summed E-state index contributed by atoms with van der Waals surface area (Å²) in [5.74, 6) is 0.